The summed E-state index contributed by atoms with van der Waals surface area (Å²) in [5.74, 6) is -0.0737. The number of carbonyl (C=O) groups excluding carboxylic acids is 1. The van der Waals surface area contributed by atoms with Crippen LogP contribution in [-0.2, 0) is 0 Å². The van der Waals surface area contributed by atoms with Gasteiger partial charge >= 0.3 is 0 Å². The molecule has 14 heavy (non-hydrogen) atoms. The number of phenols is 1. The first-order valence-corrected chi connectivity index (χ1v) is 5.77. The average Bonchev–Trinajstić information content (AvgIpc) is 2.15. The van der Waals surface area contributed by atoms with Crippen LogP contribution >= 0.6 is 23.4 Å². The molecule has 0 aromatic heterocycles. The van der Waals surface area contributed by atoms with Crippen LogP contribution in [0.3, 0.4) is 0 Å². The normalized spacial score (nSPS) is 12.5. The van der Waals surface area contributed by atoms with E-state index >= 15 is 0 Å². The Hall–Kier alpha value is -0.670. The monoisotopic (exact) mass is 230 g/mol. The highest BCUT2D eigenvalue weighted by Crippen LogP contribution is 2.24. The zero-order valence-electron chi connectivity index (χ0n) is 7.95. The topological polar surface area (TPSA) is 37.3 Å². The van der Waals surface area contributed by atoms with E-state index in [0.29, 0.717) is 5.56 Å². The van der Waals surface area contributed by atoms with Crippen molar-refractivity contribution in [1.29, 1.82) is 0 Å². The van der Waals surface area contributed by atoms with E-state index < -0.39 is 5.38 Å². The molecule has 1 rings (SSSR count). The summed E-state index contributed by atoms with van der Waals surface area (Å²) >= 11 is 7.14. The molecule has 0 heterocycles. The van der Waals surface area contributed by atoms with Crippen LogP contribution in [-0.4, -0.2) is 22.5 Å². The Morgan fingerprint density at radius 1 is 1.50 bits per heavy atom. The minimum Gasteiger partial charge on any atom is -0.508 e. The molecular weight excluding hydrogens is 220 g/mol. The molecule has 0 saturated heterocycles. The number of hydrogen-bond donors (Lipinski definition) is 1. The maximum absolute atomic E-state index is 11.5. The van der Waals surface area contributed by atoms with Gasteiger partial charge in [-0.3, -0.25) is 4.79 Å². The second kappa shape index (κ2) is 4.71. The van der Waals surface area contributed by atoms with Gasteiger partial charge in [0.05, 0.1) is 5.38 Å². The Bertz CT molecular complexity index is 350. The highest BCUT2D eigenvalue weighted by Gasteiger charge is 2.13. The van der Waals surface area contributed by atoms with Crippen LogP contribution in [0.15, 0.2) is 23.1 Å². The molecule has 2 nitrogen and oxygen atoms in total. The van der Waals surface area contributed by atoms with E-state index in [9.17, 15) is 9.90 Å². The summed E-state index contributed by atoms with van der Waals surface area (Å²) in [6.45, 7) is 1.62. The Morgan fingerprint density at radius 3 is 2.64 bits per heavy atom. The zero-order chi connectivity index (χ0) is 10.7. The molecule has 4 heteroatoms. The highest BCUT2D eigenvalue weighted by molar-refractivity contribution is 7.98. The van der Waals surface area contributed by atoms with Crippen molar-refractivity contribution < 1.29 is 9.90 Å². The lowest BCUT2D eigenvalue weighted by atomic mass is 10.1. The summed E-state index contributed by atoms with van der Waals surface area (Å²) in [5.41, 5.74) is 0.455. The molecule has 1 aromatic rings. The van der Waals surface area contributed by atoms with Crippen LogP contribution in [0.25, 0.3) is 0 Å². The van der Waals surface area contributed by atoms with Gasteiger partial charge in [-0.15, -0.1) is 23.4 Å². The highest BCUT2D eigenvalue weighted by atomic mass is 35.5. The van der Waals surface area contributed by atoms with Gasteiger partial charge in [-0.25, -0.2) is 0 Å². The van der Waals surface area contributed by atoms with E-state index in [2.05, 4.69) is 0 Å². The van der Waals surface area contributed by atoms with E-state index in [-0.39, 0.29) is 11.5 Å². The fourth-order valence-electron chi connectivity index (χ4n) is 1.07. The average molecular weight is 231 g/mol. The van der Waals surface area contributed by atoms with Crippen molar-refractivity contribution in [3.8, 4) is 5.75 Å². The third-order valence-electron chi connectivity index (χ3n) is 1.77. The van der Waals surface area contributed by atoms with Crippen molar-refractivity contribution in [2.75, 3.05) is 6.26 Å². The number of alkyl halides is 1. The maximum Gasteiger partial charge on any atom is 0.180 e. The molecule has 0 aliphatic heterocycles. The number of thioether (sulfide) groups is 1. The third-order valence-corrected chi connectivity index (χ3v) is 2.68. The van der Waals surface area contributed by atoms with Gasteiger partial charge in [0.25, 0.3) is 0 Å². The van der Waals surface area contributed by atoms with Crippen molar-refractivity contribution in [1.82, 2.24) is 0 Å². The number of rotatable bonds is 3. The molecule has 0 bridgehead atoms. The molecule has 0 radical (unpaired) electrons. The largest absolute Gasteiger partial charge is 0.508 e. The molecule has 1 aromatic carbocycles. The van der Waals surface area contributed by atoms with Gasteiger partial charge in [0.2, 0.25) is 0 Å². The van der Waals surface area contributed by atoms with E-state index in [1.807, 2.05) is 6.26 Å². The summed E-state index contributed by atoms with van der Waals surface area (Å²) in [4.78, 5) is 12.4. The summed E-state index contributed by atoms with van der Waals surface area (Å²) in [5, 5.41) is 8.78. The fraction of sp³-hybridized carbons (Fsp3) is 0.300. The van der Waals surface area contributed by atoms with Gasteiger partial charge in [0, 0.05) is 10.5 Å². The molecule has 0 spiro atoms. The second-order valence-electron chi connectivity index (χ2n) is 2.90. The first-order valence-electron chi connectivity index (χ1n) is 4.11. The molecule has 76 valence electrons. The molecule has 0 aliphatic carbocycles. The van der Waals surface area contributed by atoms with Crippen LogP contribution in [0.2, 0.25) is 0 Å². The van der Waals surface area contributed by atoms with Crippen molar-refractivity contribution in [2.45, 2.75) is 17.2 Å². The lowest BCUT2D eigenvalue weighted by molar-refractivity contribution is 0.0991. The maximum atomic E-state index is 11.5. The first kappa shape index (κ1) is 11.4. The standard InChI is InChI=1S/C10H11ClO2S/c1-6(11)10(13)7-3-8(12)5-9(4-7)14-2/h3-6,12H,1-2H3. The van der Waals surface area contributed by atoms with Crippen molar-refractivity contribution in [3.63, 3.8) is 0 Å². The molecule has 1 atom stereocenters. The molecule has 0 fully saturated rings. The number of halogens is 1. The van der Waals surface area contributed by atoms with Gasteiger partial charge in [0.15, 0.2) is 5.78 Å². The molecule has 0 amide bonds. The van der Waals surface area contributed by atoms with E-state index in [4.69, 9.17) is 11.6 Å². The lowest BCUT2D eigenvalue weighted by Crippen LogP contribution is -2.10. The number of phenolic OH excluding ortho intramolecular Hbond substituents is 1. The number of Topliss-reactive ketones (excluding diaryl/α,β-unsaturated/α-hetero) is 1. The summed E-state index contributed by atoms with van der Waals surface area (Å²) in [6, 6.07) is 4.77. The van der Waals surface area contributed by atoms with Crippen LogP contribution in [0.1, 0.15) is 17.3 Å². The van der Waals surface area contributed by atoms with Gasteiger partial charge in [-0.05, 0) is 31.4 Å². The summed E-state index contributed by atoms with van der Waals surface area (Å²) in [7, 11) is 0. The first-order chi connectivity index (χ1) is 6.54. The Balaban J connectivity index is 3.09. The van der Waals surface area contributed by atoms with Crippen LogP contribution < -0.4 is 0 Å². The van der Waals surface area contributed by atoms with Gasteiger partial charge < -0.3 is 5.11 Å². The smallest absolute Gasteiger partial charge is 0.180 e. The third kappa shape index (κ3) is 2.66. The SMILES string of the molecule is CSc1cc(O)cc(C(=O)C(C)Cl)c1. The molecule has 0 saturated carbocycles. The molecule has 0 aliphatic rings. The number of carbonyl (C=O) groups is 1. The van der Waals surface area contributed by atoms with Gasteiger partial charge in [0.1, 0.15) is 5.75 Å². The van der Waals surface area contributed by atoms with Crippen molar-refractivity contribution >= 4 is 29.1 Å². The molecular formula is C10H11ClO2S. The van der Waals surface area contributed by atoms with Crippen molar-refractivity contribution in [3.05, 3.63) is 23.8 Å². The lowest BCUT2D eigenvalue weighted by Gasteiger charge is -2.05. The summed E-state index contributed by atoms with van der Waals surface area (Å²) in [6.07, 6.45) is 1.88. The Kier molecular flexibility index (Phi) is 3.84. The minimum atomic E-state index is -0.563. The predicted molar refractivity (Wildman–Crippen MR) is 59.5 cm³/mol. The Morgan fingerprint density at radius 2 is 2.14 bits per heavy atom. The number of aromatic hydroxyl groups is 1. The number of hydrogen-bond acceptors (Lipinski definition) is 3. The second-order valence-corrected chi connectivity index (χ2v) is 4.43. The zero-order valence-corrected chi connectivity index (χ0v) is 9.52. The molecule has 1 N–H and O–H groups in total. The molecule has 1 unspecified atom stereocenters. The van der Waals surface area contributed by atoms with Gasteiger partial charge in [-0.1, -0.05) is 0 Å². The van der Waals surface area contributed by atoms with Gasteiger partial charge in [-0.2, -0.15) is 0 Å². The minimum absolute atomic E-state index is 0.0949. The summed E-state index contributed by atoms with van der Waals surface area (Å²) < 4.78 is 0. The predicted octanol–water partition coefficient (Wildman–Crippen LogP) is 2.92. The number of ketones is 1. The fourth-order valence-corrected chi connectivity index (χ4v) is 1.68. The van der Waals surface area contributed by atoms with Crippen LogP contribution in [0, 0.1) is 0 Å². The number of benzene rings is 1. The van der Waals surface area contributed by atoms with E-state index in [1.165, 1.54) is 17.8 Å². The van der Waals surface area contributed by atoms with Crippen LogP contribution in [0.5, 0.6) is 5.75 Å². The Labute approximate surface area is 92.3 Å². The van der Waals surface area contributed by atoms with E-state index in [0.717, 1.165) is 4.90 Å². The van der Waals surface area contributed by atoms with Crippen LogP contribution in [0.4, 0.5) is 0 Å². The van der Waals surface area contributed by atoms with E-state index in [1.54, 1.807) is 19.1 Å². The quantitative estimate of drug-likeness (QED) is 0.493. The van der Waals surface area contributed by atoms with Crippen molar-refractivity contribution in [2.24, 2.45) is 0 Å².